The molecule has 4 rings (SSSR count). The molecule has 0 spiro atoms. The van der Waals surface area contributed by atoms with Crippen molar-refractivity contribution in [2.75, 3.05) is 18.1 Å². The molecule has 0 saturated heterocycles. The van der Waals surface area contributed by atoms with Crippen LogP contribution in [0.5, 0.6) is 0 Å². The minimum absolute atomic E-state index is 0.0654. The largest absolute Gasteiger partial charge is 0.465 e. The predicted octanol–water partition coefficient (Wildman–Crippen LogP) is 4.66. The van der Waals surface area contributed by atoms with Crippen LogP contribution in [0.3, 0.4) is 0 Å². The predicted molar refractivity (Wildman–Crippen MR) is 126 cm³/mol. The maximum absolute atomic E-state index is 11.9. The average Bonchev–Trinajstić information content (AvgIpc) is 3.36. The number of nitrogen functional groups attached to an aromatic ring is 1. The Morgan fingerprint density at radius 3 is 2.66 bits per heavy atom. The van der Waals surface area contributed by atoms with Gasteiger partial charge in [0.15, 0.2) is 11.0 Å². The number of carbonyl (C=O) groups excluding carboxylic acids is 1. The average molecular weight is 489 g/mol. The lowest BCUT2D eigenvalue weighted by Crippen LogP contribution is -2.08. The number of hydrogen-bond donors (Lipinski definition) is 1. The van der Waals surface area contributed by atoms with Crippen molar-refractivity contribution >= 4 is 46.8 Å². The Hall–Kier alpha value is -3.01. The molecular weight excluding hydrogens is 471 g/mol. The molecule has 0 radical (unpaired) electrons. The number of benzene rings is 2. The fraction of sp³-hybridized carbons (Fsp3) is 0.143. The number of aromatic nitrogens is 5. The summed E-state index contributed by atoms with van der Waals surface area (Å²) in [5.74, 6) is 0.528. The van der Waals surface area contributed by atoms with Gasteiger partial charge in [-0.1, -0.05) is 53.2 Å². The zero-order valence-corrected chi connectivity index (χ0v) is 19.2. The third-order valence-electron chi connectivity index (χ3n) is 4.46. The van der Waals surface area contributed by atoms with E-state index in [4.69, 9.17) is 33.7 Å². The van der Waals surface area contributed by atoms with E-state index in [1.165, 1.54) is 11.8 Å². The summed E-state index contributed by atoms with van der Waals surface area (Å²) >= 11 is 13.8. The summed E-state index contributed by atoms with van der Waals surface area (Å²) in [6.45, 7) is 2.05. The molecule has 2 aromatic carbocycles. The minimum Gasteiger partial charge on any atom is -0.465 e. The molecule has 0 fully saturated rings. The first-order valence-electron chi connectivity index (χ1n) is 9.58. The number of hydrogen-bond acceptors (Lipinski definition) is 7. The van der Waals surface area contributed by atoms with Crippen molar-refractivity contribution in [2.24, 2.45) is 0 Å². The molecule has 0 aliphatic rings. The summed E-state index contributed by atoms with van der Waals surface area (Å²) in [5.41, 5.74) is 8.40. The number of halogens is 2. The SMILES string of the molecule is CCOC(=O)CSc1nnc(-c2cnn(-c3ccccc3)c2N)n1-c1ccc(Cl)cc1Cl. The Kier molecular flexibility index (Phi) is 6.69. The first-order chi connectivity index (χ1) is 15.5. The quantitative estimate of drug-likeness (QED) is 0.298. The van der Waals surface area contributed by atoms with Crippen LogP contribution >= 0.6 is 35.0 Å². The highest BCUT2D eigenvalue weighted by Gasteiger charge is 2.23. The molecule has 11 heteroatoms. The minimum atomic E-state index is -0.354. The van der Waals surface area contributed by atoms with Gasteiger partial charge in [-0.15, -0.1) is 10.2 Å². The summed E-state index contributed by atoms with van der Waals surface area (Å²) in [4.78, 5) is 11.9. The lowest BCUT2D eigenvalue weighted by molar-refractivity contribution is -0.139. The van der Waals surface area contributed by atoms with Crippen LogP contribution in [0.25, 0.3) is 22.8 Å². The second kappa shape index (κ2) is 9.64. The molecular formula is C21H18Cl2N6O2S. The molecule has 0 aliphatic heterocycles. The normalized spacial score (nSPS) is 11.0. The summed E-state index contributed by atoms with van der Waals surface area (Å²) in [6.07, 6.45) is 1.62. The number of thioether (sulfide) groups is 1. The van der Waals surface area contributed by atoms with Gasteiger partial charge in [-0.05, 0) is 37.3 Å². The summed E-state index contributed by atoms with van der Waals surface area (Å²) < 4.78 is 8.36. The zero-order chi connectivity index (χ0) is 22.7. The summed E-state index contributed by atoms with van der Waals surface area (Å²) in [5, 5.41) is 14.4. The van der Waals surface area contributed by atoms with E-state index in [9.17, 15) is 4.79 Å². The van der Waals surface area contributed by atoms with E-state index >= 15 is 0 Å². The molecule has 0 saturated carbocycles. The maximum Gasteiger partial charge on any atom is 0.316 e. The van der Waals surface area contributed by atoms with Crippen molar-refractivity contribution in [1.29, 1.82) is 0 Å². The molecule has 0 aliphatic carbocycles. The van der Waals surface area contributed by atoms with Gasteiger partial charge in [-0.2, -0.15) is 5.10 Å². The molecule has 164 valence electrons. The van der Waals surface area contributed by atoms with Gasteiger partial charge in [0.05, 0.1) is 40.5 Å². The van der Waals surface area contributed by atoms with Crippen LogP contribution in [0.1, 0.15) is 6.92 Å². The first kappa shape index (κ1) is 22.2. The van der Waals surface area contributed by atoms with Crippen molar-refractivity contribution < 1.29 is 9.53 Å². The van der Waals surface area contributed by atoms with Gasteiger partial charge in [0.25, 0.3) is 0 Å². The van der Waals surface area contributed by atoms with Gasteiger partial charge >= 0.3 is 5.97 Å². The molecule has 0 unspecified atom stereocenters. The molecule has 4 aromatic rings. The smallest absolute Gasteiger partial charge is 0.316 e. The number of rotatable bonds is 7. The second-order valence-electron chi connectivity index (χ2n) is 6.52. The highest BCUT2D eigenvalue weighted by atomic mass is 35.5. The molecule has 2 heterocycles. The van der Waals surface area contributed by atoms with E-state index in [1.54, 1.807) is 40.6 Å². The van der Waals surface area contributed by atoms with Crippen molar-refractivity contribution in [3.8, 4) is 22.8 Å². The van der Waals surface area contributed by atoms with Crippen LogP contribution in [-0.4, -0.2) is 42.9 Å². The summed E-state index contributed by atoms with van der Waals surface area (Å²) in [6, 6.07) is 14.6. The Bertz CT molecular complexity index is 1260. The molecule has 0 bridgehead atoms. The second-order valence-corrected chi connectivity index (χ2v) is 8.31. The van der Waals surface area contributed by atoms with Gasteiger partial charge < -0.3 is 10.5 Å². The highest BCUT2D eigenvalue weighted by molar-refractivity contribution is 7.99. The Labute approximate surface area is 198 Å². The Morgan fingerprint density at radius 1 is 1.16 bits per heavy atom. The van der Waals surface area contributed by atoms with Crippen molar-refractivity contribution in [2.45, 2.75) is 12.1 Å². The number of ether oxygens (including phenoxy) is 1. The van der Waals surface area contributed by atoms with Crippen molar-refractivity contribution in [3.63, 3.8) is 0 Å². The summed E-state index contributed by atoms with van der Waals surface area (Å²) in [7, 11) is 0. The van der Waals surface area contributed by atoms with E-state index in [1.807, 2.05) is 30.3 Å². The van der Waals surface area contributed by atoms with Gasteiger partial charge in [0, 0.05) is 5.02 Å². The van der Waals surface area contributed by atoms with E-state index in [0.717, 1.165) is 5.69 Å². The highest BCUT2D eigenvalue weighted by Crippen LogP contribution is 2.35. The standard InChI is InChI=1S/C21H18Cl2N6O2S/c1-2-31-18(30)12-32-21-27-26-20(28(21)17-9-8-13(22)10-16(17)23)15-11-25-29(19(15)24)14-6-4-3-5-7-14/h3-11H,2,12,24H2,1H3. The maximum atomic E-state index is 11.9. The monoisotopic (exact) mass is 488 g/mol. The van der Waals surface area contributed by atoms with Gasteiger partial charge in [0.1, 0.15) is 5.82 Å². The van der Waals surface area contributed by atoms with E-state index in [0.29, 0.717) is 44.7 Å². The van der Waals surface area contributed by atoms with Crippen LogP contribution in [-0.2, 0) is 9.53 Å². The number of anilines is 1. The van der Waals surface area contributed by atoms with Crippen LogP contribution < -0.4 is 5.73 Å². The lowest BCUT2D eigenvalue weighted by Gasteiger charge is -2.12. The third kappa shape index (κ3) is 4.45. The zero-order valence-electron chi connectivity index (χ0n) is 16.9. The van der Waals surface area contributed by atoms with E-state index < -0.39 is 0 Å². The molecule has 32 heavy (non-hydrogen) atoms. The van der Waals surface area contributed by atoms with Gasteiger partial charge in [0.2, 0.25) is 0 Å². The third-order valence-corrected chi connectivity index (χ3v) is 5.90. The molecule has 8 nitrogen and oxygen atoms in total. The lowest BCUT2D eigenvalue weighted by atomic mass is 10.2. The fourth-order valence-electron chi connectivity index (χ4n) is 3.05. The van der Waals surface area contributed by atoms with Crippen LogP contribution in [0, 0.1) is 0 Å². The Morgan fingerprint density at radius 2 is 1.94 bits per heavy atom. The number of nitrogens with zero attached hydrogens (tertiary/aromatic N) is 5. The van der Waals surface area contributed by atoms with Gasteiger partial charge in [-0.25, -0.2) is 4.68 Å². The number of nitrogens with two attached hydrogens (primary N) is 1. The molecule has 0 amide bonds. The first-order valence-corrected chi connectivity index (χ1v) is 11.3. The number of para-hydroxylation sites is 1. The molecule has 0 atom stereocenters. The van der Waals surface area contributed by atoms with Crippen LogP contribution in [0.2, 0.25) is 10.0 Å². The Balaban J connectivity index is 1.81. The number of carbonyl (C=O) groups is 1. The van der Waals surface area contributed by atoms with Gasteiger partial charge in [-0.3, -0.25) is 9.36 Å². The van der Waals surface area contributed by atoms with Crippen LogP contribution in [0.15, 0.2) is 59.9 Å². The van der Waals surface area contributed by atoms with Crippen molar-refractivity contribution in [3.05, 3.63) is 64.8 Å². The topological polar surface area (TPSA) is 101 Å². The van der Waals surface area contributed by atoms with Crippen LogP contribution in [0.4, 0.5) is 5.82 Å². The fourth-order valence-corrected chi connectivity index (χ4v) is 4.28. The van der Waals surface area contributed by atoms with Crippen molar-refractivity contribution in [1.82, 2.24) is 24.5 Å². The molecule has 2 aromatic heterocycles. The molecule has 2 N–H and O–H groups in total. The van der Waals surface area contributed by atoms with E-state index in [-0.39, 0.29) is 11.7 Å². The van der Waals surface area contributed by atoms with E-state index in [2.05, 4.69) is 15.3 Å². The number of esters is 1.